The van der Waals surface area contributed by atoms with Gasteiger partial charge < -0.3 is 15.4 Å². The number of ether oxygens (including phenoxy) is 1. The lowest BCUT2D eigenvalue weighted by Crippen LogP contribution is -2.40. The minimum atomic E-state index is 0.457. The van der Waals surface area contributed by atoms with Crippen LogP contribution in [-0.4, -0.2) is 43.8 Å². The summed E-state index contributed by atoms with van der Waals surface area (Å²) in [6.45, 7) is 2.35. The van der Waals surface area contributed by atoms with Crippen LogP contribution in [-0.2, 0) is 11.2 Å². The molecule has 2 rings (SSSR count). The number of nitrogens with one attached hydrogen (secondary N) is 2. The Morgan fingerprint density at radius 1 is 1.17 bits per heavy atom. The molecule has 0 amide bonds. The maximum atomic E-state index is 5.98. The number of aliphatic imine (C=N–C) groups is 1. The molecule has 1 aliphatic rings. The molecule has 5 heteroatoms. The summed E-state index contributed by atoms with van der Waals surface area (Å²) in [5, 5.41) is 6.61. The molecule has 0 atom stereocenters. The van der Waals surface area contributed by atoms with E-state index in [-0.39, 0.29) is 0 Å². The van der Waals surface area contributed by atoms with E-state index in [0.29, 0.717) is 6.10 Å². The van der Waals surface area contributed by atoms with Gasteiger partial charge in [0.15, 0.2) is 5.96 Å². The van der Waals surface area contributed by atoms with Crippen molar-refractivity contribution >= 4 is 5.96 Å². The minimum Gasteiger partial charge on any atom is -0.376 e. The Balaban J connectivity index is 1.55. The van der Waals surface area contributed by atoms with Crippen molar-refractivity contribution in [1.29, 1.82) is 0 Å². The van der Waals surface area contributed by atoms with Crippen molar-refractivity contribution in [2.45, 2.75) is 51.0 Å². The van der Waals surface area contributed by atoms with E-state index in [2.05, 4.69) is 20.6 Å². The van der Waals surface area contributed by atoms with E-state index < -0.39 is 0 Å². The molecule has 1 fully saturated rings. The number of nitrogens with zero attached hydrogens (tertiary/aromatic N) is 2. The molecule has 0 radical (unpaired) electrons. The predicted octanol–water partition coefficient (Wildman–Crippen LogP) is 2.53. The fourth-order valence-corrected chi connectivity index (χ4v) is 2.88. The summed E-state index contributed by atoms with van der Waals surface area (Å²) < 4.78 is 5.98. The van der Waals surface area contributed by atoms with Gasteiger partial charge in [-0.05, 0) is 25.0 Å². The van der Waals surface area contributed by atoms with Crippen LogP contribution in [0, 0.1) is 0 Å². The minimum absolute atomic E-state index is 0.457. The van der Waals surface area contributed by atoms with Gasteiger partial charge in [-0.1, -0.05) is 31.7 Å². The highest BCUT2D eigenvalue weighted by Gasteiger charge is 2.12. The first kappa shape index (κ1) is 17.7. The first-order valence-electron chi connectivity index (χ1n) is 8.84. The van der Waals surface area contributed by atoms with Gasteiger partial charge in [-0.2, -0.15) is 0 Å². The summed E-state index contributed by atoms with van der Waals surface area (Å²) in [6.07, 6.45) is 11.0. The Kier molecular flexibility index (Phi) is 8.48. The number of pyridine rings is 1. The van der Waals surface area contributed by atoms with Crippen LogP contribution in [0.1, 0.15) is 44.2 Å². The monoisotopic (exact) mass is 318 g/mol. The lowest BCUT2D eigenvalue weighted by atomic mass is 10.1. The molecule has 0 saturated heterocycles. The molecule has 1 saturated carbocycles. The van der Waals surface area contributed by atoms with E-state index in [9.17, 15) is 0 Å². The predicted molar refractivity (Wildman–Crippen MR) is 94.7 cm³/mol. The molecule has 0 unspecified atom stereocenters. The number of guanidine groups is 1. The van der Waals surface area contributed by atoms with Gasteiger partial charge in [-0.15, -0.1) is 0 Å². The summed E-state index contributed by atoms with van der Waals surface area (Å²) in [5.41, 5.74) is 1.09. The quantitative estimate of drug-likeness (QED) is 0.351. The third-order valence-electron chi connectivity index (χ3n) is 4.17. The molecular weight excluding hydrogens is 288 g/mol. The van der Waals surface area contributed by atoms with E-state index in [1.807, 2.05) is 24.4 Å². The van der Waals surface area contributed by atoms with Crippen LogP contribution >= 0.6 is 0 Å². The lowest BCUT2D eigenvalue weighted by Gasteiger charge is -2.16. The molecule has 2 N–H and O–H groups in total. The molecule has 0 spiro atoms. The maximum absolute atomic E-state index is 5.98. The Morgan fingerprint density at radius 3 is 2.65 bits per heavy atom. The molecule has 1 aliphatic carbocycles. The van der Waals surface area contributed by atoms with E-state index in [1.165, 1.54) is 38.5 Å². The lowest BCUT2D eigenvalue weighted by molar-refractivity contribution is 0.0468. The van der Waals surface area contributed by atoms with E-state index in [4.69, 9.17) is 4.74 Å². The number of rotatable bonds is 7. The Hall–Kier alpha value is -1.62. The summed E-state index contributed by atoms with van der Waals surface area (Å²) in [5.74, 6) is 0.824. The van der Waals surface area contributed by atoms with Crippen LogP contribution in [0.5, 0.6) is 0 Å². The van der Waals surface area contributed by atoms with Crippen molar-refractivity contribution in [3.63, 3.8) is 0 Å². The van der Waals surface area contributed by atoms with Crippen molar-refractivity contribution < 1.29 is 4.74 Å². The van der Waals surface area contributed by atoms with Crippen LogP contribution < -0.4 is 10.6 Å². The third kappa shape index (κ3) is 7.46. The molecule has 0 bridgehead atoms. The first-order chi connectivity index (χ1) is 11.4. The molecule has 1 heterocycles. The molecule has 5 nitrogen and oxygen atoms in total. The van der Waals surface area contributed by atoms with Gasteiger partial charge in [0.05, 0.1) is 12.7 Å². The van der Waals surface area contributed by atoms with Crippen molar-refractivity contribution in [2.75, 3.05) is 26.7 Å². The van der Waals surface area contributed by atoms with Gasteiger partial charge in [0.2, 0.25) is 0 Å². The number of hydrogen-bond donors (Lipinski definition) is 2. The SMILES string of the molecule is CN=C(NCCOC1CCCCCC1)NCCc1ccccn1. The van der Waals surface area contributed by atoms with Crippen molar-refractivity contribution in [1.82, 2.24) is 15.6 Å². The van der Waals surface area contributed by atoms with E-state index >= 15 is 0 Å². The largest absolute Gasteiger partial charge is 0.376 e. The van der Waals surface area contributed by atoms with Crippen molar-refractivity contribution in [3.05, 3.63) is 30.1 Å². The highest BCUT2D eigenvalue weighted by atomic mass is 16.5. The number of hydrogen-bond acceptors (Lipinski definition) is 3. The average molecular weight is 318 g/mol. The summed E-state index contributed by atoms with van der Waals surface area (Å²) in [6, 6.07) is 5.99. The Labute approximate surface area is 139 Å². The van der Waals surface area contributed by atoms with E-state index in [1.54, 1.807) is 7.05 Å². The highest BCUT2D eigenvalue weighted by Crippen LogP contribution is 2.19. The molecular formula is C18H30N4O. The second kappa shape index (κ2) is 11.0. The topological polar surface area (TPSA) is 58.5 Å². The molecule has 0 aromatic carbocycles. The summed E-state index contributed by atoms with van der Waals surface area (Å²) in [4.78, 5) is 8.55. The van der Waals surface area contributed by atoms with Crippen LogP contribution in [0.4, 0.5) is 0 Å². The second-order valence-corrected chi connectivity index (χ2v) is 5.98. The normalized spacial score (nSPS) is 16.8. The Bertz CT molecular complexity index is 442. The molecule has 1 aromatic heterocycles. The van der Waals surface area contributed by atoms with Gasteiger partial charge in [0, 0.05) is 38.4 Å². The molecule has 1 aromatic rings. The average Bonchev–Trinajstić information content (AvgIpc) is 2.87. The first-order valence-corrected chi connectivity index (χ1v) is 8.84. The fourth-order valence-electron chi connectivity index (χ4n) is 2.88. The standard InChI is InChI=1S/C18H30N4O/c1-19-18(21-13-11-16-8-6-7-12-20-16)22-14-15-23-17-9-4-2-3-5-10-17/h6-8,12,17H,2-5,9-11,13-15H2,1H3,(H2,19,21,22). The second-order valence-electron chi connectivity index (χ2n) is 5.98. The fraction of sp³-hybridized carbons (Fsp3) is 0.667. The third-order valence-corrected chi connectivity index (χ3v) is 4.17. The molecule has 23 heavy (non-hydrogen) atoms. The van der Waals surface area contributed by atoms with Crippen molar-refractivity contribution in [3.8, 4) is 0 Å². The zero-order chi connectivity index (χ0) is 16.2. The Morgan fingerprint density at radius 2 is 1.96 bits per heavy atom. The smallest absolute Gasteiger partial charge is 0.191 e. The van der Waals surface area contributed by atoms with Gasteiger partial charge in [-0.25, -0.2) is 0 Å². The van der Waals surface area contributed by atoms with Gasteiger partial charge in [0.25, 0.3) is 0 Å². The zero-order valence-corrected chi connectivity index (χ0v) is 14.3. The number of aromatic nitrogens is 1. The summed E-state index contributed by atoms with van der Waals surface area (Å²) in [7, 11) is 1.79. The summed E-state index contributed by atoms with van der Waals surface area (Å²) >= 11 is 0. The van der Waals surface area contributed by atoms with Gasteiger partial charge >= 0.3 is 0 Å². The van der Waals surface area contributed by atoms with Gasteiger partial charge in [0.1, 0.15) is 0 Å². The highest BCUT2D eigenvalue weighted by molar-refractivity contribution is 5.79. The zero-order valence-electron chi connectivity index (χ0n) is 14.3. The molecule has 0 aliphatic heterocycles. The molecule has 128 valence electrons. The van der Waals surface area contributed by atoms with Gasteiger partial charge in [-0.3, -0.25) is 9.98 Å². The van der Waals surface area contributed by atoms with Crippen molar-refractivity contribution in [2.24, 2.45) is 4.99 Å². The van der Waals surface area contributed by atoms with Crippen LogP contribution in [0.3, 0.4) is 0 Å². The van der Waals surface area contributed by atoms with Crippen LogP contribution in [0.25, 0.3) is 0 Å². The van der Waals surface area contributed by atoms with E-state index in [0.717, 1.165) is 37.8 Å². The maximum Gasteiger partial charge on any atom is 0.191 e. The van der Waals surface area contributed by atoms with Crippen LogP contribution in [0.15, 0.2) is 29.4 Å². The van der Waals surface area contributed by atoms with Crippen LogP contribution in [0.2, 0.25) is 0 Å².